The monoisotopic (exact) mass is 319 g/mol. The number of hydrogen-bond acceptors (Lipinski definition) is 5. The van der Waals surface area contributed by atoms with Crippen LogP contribution < -0.4 is 10.0 Å². The Balaban J connectivity index is 2.31. The van der Waals surface area contributed by atoms with Crippen molar-refractivity contribution in [1.29, 1.82) is 0 Å². The van der Waals surface area contributed by atoms with Gasteiger partial charge in [0.2, 0.25) is 15.9 Å². The van der Waals surface area contributed by atoms with E-state index in [1.165, 1.54) is 17.0 Å². The lowest BCUT2D eigenvalue weighted by molar-refractivity contribution is -0.384. The van der Waals surface area contributed by atoms with Crippen molar-refractivity contribution in [3.05, 3.63) is 33.3 Å². The number of nitro benzene ring substituents is 1. The van der Waals surface area contributed by atoms with E-state index >= 15 is 0 Å². The van der Waals surface area contributed by atoms with Gasteiger partial charge < -0.3 is 4.90 Å². The first-order valence-corrected chi connectivity index (χ1v) is 7.45. The molecule has 1 heterocycles. The van der Waals surface area contributed by atoms with Crippen LogP contribution in [0.15, 0.2) is 18.2 Å². The molecule has 10 heteroatoms. The van der Waals surface area contributed by atoms with Gasteiger partial charge in [0.1, 0.15) is 10.3 Å². The highest BCUT2D eigenvalue weighted by Gasteiger charge is 2.37. The Morgan fingerprint density at radius 1 is 1.45 bits per heavy atom. The van der Waals surface area contributed by atoms with Gasteiger partial charge in [-0.05, 0) is 12.1 Å². The summed E-state index contributed by atoms with van der Waals surface area (Å²) in [5.41, 5.74) is 0.0156. The van der Waals surface area contributed by atoms with Gasteiger partial charge in [-0.1, -0.05) is 11.6 Å². The topological polar surface area (TPSA) is 124 Å². The van der Waals surface area contributed by atoms with Gasteiger partial charge in [0.15, 0.2) is 0 Å². The van der Waals surface area contributed by atoms with Crippen LogP contribution >= 0.6 is 11.6 Å². The van der Waals surface area contributed by atoms with Gasteiger partial charge in [-0.2, -0.15) is 0 Å². The number of anilines is 1. The van der Waals surface area contributed by atoms with Gasteiger partial charge in [0.05, 0.1) is 4.92 Å². The Bertz CT molecular complexity index is 690. The number of benzene rings is 1. The number of hydrogen-bond donors (Lipinski definition) is 1. The fraction of sp³-hybridized carbons (Fsp3) is 0.300. The van der Waals surface area contributed by atoms with Crippen molar-refractivity contribution in [1.82, 2.24) is 0 Å². The molecule has 20 heavy (non-hydrogen) atoms. The molecule has 0 spiro atoms. The molecule has 0 radical (unpaired) electrons. The van der Waals surface area contributed by atoms with E-state index in [2.05, 4.69) is 0 Å². The summed E-state index contributed by atoms with van der Waals surface area (Å²) in [5.74, 6) is -0.422. The summed E-state index contributed by atoms with van der Waals surface area (Å²) in [6, 6.07) is 3.76. The quantitative estimate of drug-likeness (QED) is 0.646. The third kappa shape index (κ3) is 2.74. The van der Waals surface area contributed by atoms with E-state index < -0.39 is 26.1 Å². The van der Waals surface area contributed by atoms with Crippen LogP contribution in [0.25, 0.3) is 0 Å². The maximum Gasteiger partial charge on any atom is 0.288 e. The van der Waals surface area contributed by atoms with E-state index in [1.54, 1.807) is 0 Å². The average molecular weight is 320 g/mol. The number of halogens is 1. The van der Waals surface area contributed by atoms with Crippen molar-refractivity contribution >= 4 is 38.9 Å². The number of nitrogens with two attached hydrogens (primary N) is 1. The van der Waals surface area contributed by atoms with Crippen LogP contribution in [0.4, 0.5) is 11.4 Å². The number of carbonyl (C=O) groups excluding carboxylic acids is 1. The summed E-state index contributed by atoms with van der Waals surface area (Å²) in [5, 5.41) is 14.6. The minimum atomic E-state index is -3.81. The highest BCUT2D eigenvalue weighted by Crippen LogP contribution is 2.31. The van der Waals surface area contributed by atoms with Gasteiger partial charge >= 0.3 is 0 Å². The number of carbonyl (C=O) groups is 1. The Morgan fingerprint density at radius 2 is 2.10 bits per heavy atom. The largest absolute Gasteiger partial charge is 0.311 e. The first-order valence-electron chi connectivity index (χ1n) is 5.46. The second-order valence-corrected chi connectivity index (χ2v) is 6.56. The van der Waals surface area contributed by atoms with Crippen molar-refractivity contribution in [3.8, 4) is 0 Å². The molecule has 0 aliphatic carbocycles. The molecular weight excluding hydrogens is 310 g/mol. The third-order valence-electron chi connectivity index (χ3n) is 2.99. The lowest BCUT2D eigenvalue weighted by Crippen LogP contribution is -2.32. The predicted molar refractivity (Wildman–Crippen MR) is 72.0 cm³/mol. The Labute approximate surface area is 119 Å². The van der Waals surface area contributed by atoms with Crippen LogP contribution in [-0.2, 0) is 14.8 Å². The molecule has 0 aromatic heterocycles. The fourth-order valence-electron chi connectivity index (χ4n) is 1.96. The van der Waals surface area contributed by atoms with Crippen molar-refractivity contribution in [2.75, 3.05) is 11.4 Å². The zero-order valence-electron chi connectivity index (χ0n) is 10.0. The molecule has 1 aliphatic rings. The molecule has 0 saturated carbocycles. The molecule has 1 aliphatic heterocycles. The highest BCUT2D eigenvalue weighted by molar-refractivity contribution is 7.89. The third-order valence-corrected chi connectivity index (χ3v) is 4.54. The summed E-state index contributed by atoms with van der Waals surface area (Å²) in [4.78, 5) is 23.0. The molecular formula is C10H10ClN3O5S. The highest BCUT2D eigenvalue weighted by atomic mass is 35.5. The number of amides is 1. The van der Waals surface area contributed by atoms with Gasteiger partial charge in [-0.25, -0.2) is 13.6 Å². The number of primary sulfonamides is 1. The van der Waals surface area contributed by atoms with Crippen LogP contribution in [0.2, 0.25) is 5.02 Å². The molecule has 1 aromatic rings. The zero-order chi connectivity index (χ0) is 15.1. The standard InChI is InChI=1S/C10H10ClN3O5S/c11-8-3-6(1-2-9(8)14(16)17)13-5-7(4-10(13)15)20(12,18)19/h1-3,7H,4-5H2,(H2,12,18,19). The molecule has 1 aromatic carbocycles. The van der Waals surface area contributed by atoms with Crippen LogP contribution in [0.1, 0.15) is 6.42 Å². The summed E-state index contributed by atoms with van der Waals surface area (Å²) in [6.07, 6.45) is -0.215. The van der Waals surface area contributed by atoms with Crippen molar-refractivity contribution in [2.24, 2.45) is 5.14 Å². The smallest absolute Gasteiger partial charge is 0.288 e. The minimum absolute atomic E-state index is 0.0915. The zero-order valence-corrected chi connectivity index (χ0v) is 11.6. The number of nitrogens with zero attached hydrogens (tertiary/aromatic N) is 2. The minimum Gasteiger partial charge on any atom is -0.311 e. The summed E-state index contributed by atoms with van der Waals surface area (Å²) < 4.78 is 22.5. The first kappa shape index (κ1) is 14.7. The average Bonchev–Trinajstić information content (AvgIpc) is 2.70. The molecule has 108 valence electrons. The second kappa shape index (κ2) is 5.00. The van der Waals surface area contributed by atoms with Gasteiger partial charge in [0.25, 0.3) is 5.69 Å². The molecule has 0 bridgehead atoms. The molecule has 8 nitrogen and oxygen atoms in total. The van der Waals surface area contributed by atoms with E-state index in [9.17, 15) is 23.3 Å². The van der Waals surface area contributed by atoms with Gasteiger partial charge in [-0.3, -0.25) is 14.9 Å². The SMILES string of the molecule is NS(=O)(=O)C1CC(=O)N(c2ccc([N+](=O)[O-])c(Cl)c2)C1. The predicted octanol–water partition coefficient (Wildman–Crippen LogP) is 0.642. The van der Waals surface area contributed by atoms with Crippen LogP contribution in [0.3, 0.4) is 0 Å². The van der Waals surface area contributed by atoms with Crippen molar-refractivity contribution in [2.45, 2.75) is 11.7 Å². The molecule has 2 N–H and O–H groups in total. The van der Waals surface area contributed by atoms with E-state index in [0.717, 1.165) is 6.07 Å². The summed E-state index contributed by atoms with van der Waals surface area (Å²) >= 11 is 5.75. The first-order chi connectivity index (χ1) is 9.20. The molecule has 1 saturated heterocycles. The van der Waals surface area contributed by atoms with E-state index in [1.807, 2.05) is 0 Å². The maximum atomic E-state index is 11.8. The van der Waals surface area contributed by atoms with Crippen LogP contribution in [-0.4, -0.2) is 31.0 Å². The molecule has 1 atom stereocenters. The van der Waals surface area contributed by atoms with E-state index in [-0.39, 0.29) is 23.7 Å². The Hall–Kier alpha value is -1.71. The van der Waals surface area contributed by atoms with Crippen LogP contribution in [0.5, 0.6) is 0 Å². The Kier molecular flexibility index (Phi) is 3.67. The van der Waals surface area contributed by atoms with Crippen LogP contribution in [0, 0.1) is 10.1 Å². The lowest BCUT2D eigenvalue weighted by Gasteiger charge is -2.16. The maximum absolute atomic E-state index is 11.8. The van der Waals surface area contributed by atoms with Crippen molar-refractivity contribution < 1.29 is 18.1 Å². The number of nitro groups is 1. The second-order valence-electron chi connectivity index (χ2n) is 4.31. The number of sulfonamides is 1. The van der Waals surface area contributed by atoms with Gasteiger partial charge in [0, 0.05) is 24.7 Å². The molecule has 1 fully saturated rings. The molecule has 1 unspecified atom stereocenters. The van der Waals surface area contributed by atoms with E-state index in [0.29, 0.717) is 5.69 Å². The fourth-order valence-corrected chi connectivity index (χ4v) is 2.93. The normalized spacial score (nSPS) is 19.4. The summed E-state index contributed by atoms with van der Waals surface area (Å²) in [7, 11) is -3.81. The Morgan fingerprint density at radius 3 is 2.55 bits per heavy atom. The molecule has 2 rings (SSSR count). The number of rotatable bonds is 3. The molecule has 1 amide bonds. The summed E-state index contributed by atoms with van der Waals surface area (Å²) in [6.45, 7) is -0.0915. The van der Waals surface area contributed by atoms with E-state index in [4.69, 9.17) is 16.7 Å². The van der Waals surface area contributed by atoms with Crippen molar-refractivity contribution in [3.63, 3.8) is 0 Å². The van der Waals surface area contributed by atoms with Gasteiger partial charge in [-0.15, -0.1) is 0 Å². The lowest BCUT2D eigenvalue weighted by atomic mass is 10.2.